The molecule has 0 aromatic heterocycles. The van der Waals surface area contributed by atoms with Crippen molar-refractivity contribution in [3.63, 3.8) is 0 Å². The molecule has 0 amide bonds. The first kappa shape index (κ1) is 13.9. The summed E-state index contributed by atoms with van der Waals surface area (Å²) >= 11 is 0. The summed E-state index contributed by atoms with van der Waals surface area (Å²) in [6, 6.07) is 10.0. The zero-order chi connectivity index (χ0) is 9.36. The van der Waals surface area contributed by atoms with Crippen molar-refractivity contribution < 1.29 is 4.74 Å². The van der Waals surface area contributed by atoms with E-state index in [-0.39, 0.29) is 26.2 Å². The van der Waals surface area contributed by atoms with Crippen LogP contribution in [0.4, 0.5) is 0 Å². The molecule has 0 saturated heterocycles. The summed E-state index contributed by atoms with van der Waals surface area (Å²) in [6.07, 6.45) is 5.05. The van der Waals surface area contributed by atoms with E-state index < -0.39 is 0 Å². The third-order valence-corrected chi connectivity index (χ3v) is 2.01. The van der Waals surface area contributed by atoms with Gasteiger partial charge >= 0.3 is 26.2 Å². The van der Waals surface area contributed by atoms with Crippen LogP contribution in [0.5, 0.6) is 5.75 Å². The second-order valence-electron chi connectivity index (χ2n) is 3.22. The molecule has 0 radical (unpaired) electrons. The SMILES string of the molecule is CCCCCCOc1ccccc1.[BiH3]. The Kier molecular flexibility index (Phi) is 9.39. The van der Waals surface area contributed by atoms with Gasteiger partial charge in [-0.1, -0.05) is 44.4 Å². The monoisotopic (exact) mass is 390 g/mol. The predicted octanol–water partition coefficient (Wildman–Crippen LogP) is 2.46. The Morgan fingerprint density at radius 2 is 1.71 bits per heavy atom. The van der Waals surface area contributed by atoms with Gasteiger partial charge in [-0.25, -0.2) is 0 Å². The Morgan fingerprint density at radius 1 is 1.00 bits per heavy atom. The van der Waals surface area contributed by atoms with Crippen molar-refractivity contribution in [3.8, 4) is 5.75 Å². The van der Waals surface area contributed by atoms with Gasteiger partial charge < -0.3 is 4.74 Å². The van der Waals surface area contributed by atoms with E-state index in [1.807, 2.05) is 30.3 Å². The van der Waals surface area contributed by atoms with Gasteiger partial charge in [0.2, 0.25) is 0 Å². The van der Waals surface area contributed by atoms with Gasteiger partial charge in [0.1, 0.15) is 5.75 Å². The molecule has 1 rings (SSSR count). The van der Waals surface area contributed by atoms with Crippen LogP contribution in [-0.2, 0) is 0 Å². The van der Waals surface area contributed by atoms with E-state index >= 15 is 0 Å². The summed E-state index contributed by atoms with van der Waals surface area (Å²) in [5, 5.41) is 0. The van der Waals surface area contributed by atoms with E-state index in [0.717, 1.165) is 12.4 Å². The molecule has 0 atom stereocenters. The van der Waals surface area contributed by atoms with Crippen LogP contribution < -0.4 is 4.74 Å². The molecule has 1 nitrogen and oxygen atoms in total. The fourth-order valence-corrected chi connectivity index (χ4v) is 1.24. The van der Waals surface area contributed by atoms with Crippen LogP contribution in [0.1, 0.15) is 32.6 Å². The standard InChI is InChI=1S/C12H18O.Bi.3H/c1-2-3-4-8-11-13-12-9-6-5-7-10-12;;;;/h5-7,9-10H,2-4,8,11H2,1H3;;;;. The molecule has 0 fully saturated rings. The number of rotatable bonds is 6. The molecular formula is C12H21BiO. The first-order chi connectivity index (χ1) is 6.43. The number of para-hydroxylation sites is 1. The van der Waals surface area contributed by atoms with E-state index in [1.165, 1.54) is 25.7 Å². The Hall–Kier alpha value is -0.0969. The van der Waals surface area contributed by atoms with Gasteiger partial charge in [-0.2, -0.15) is 0 Å². The topological polar surface area (TPSA) is 9.23 Å². The van der Waals surface area contributed by atoms with E-state index in [4.69, 9.17) is 4.74 Å². The fraction of sp³-hybridized carbons (Fsp3) is 0.500. The second kappa shape index (κ2) is 9.46. The Balaban J connectivity index is 0.00000169. The van der Waals surface area contributed by atoms with Gasteiger partial charge in [0.05, 0.1) is 6.61 Å². The van der Waals surface area contributed by atoms with Crippen LogP contribution in [0.3, 0.4) is 0 Å². The van der Waals surface area contributed by atoms with Gasteiger partial charge in [-0.15, -0.1) is 0 Å². The predicted molar refractivity (Wildman–Crippen MR) is 66.0 cm³/mol. The maximum atomic E-state index is 5.55. The van der Waals surface area contributed by atoms with Crippen molar-refractivity contribution >= 4 is 26.2 Å². The Morgan fingerprint density at radius 3 is 2.36 bits per heavy atom. The summed E-state index contributed by atoms with van der Waals surface area (Å²) in [4.78, 5) is 0. The number of hydrogen-bond donors (Lipinski definition) is 0. The van der Waals surface area contributed by atoms with Crippen molar-refractivity contribution in [2.45, 2.75) is 32.6 Å². The molecule has 0 heterocycles. The summed E-state index contributed by atoms with van der Waals surface area (Å²) in [6.45, 7) is 3.07. The molecule has 0 spiro atoms. The average Bonchev–Trinajstić information content (AvgIpc) is 2.19. The normalized spacial score (nSPS) is 9.21. The zero-order valence-electron chi connectivity index (χ0n) is 9.04. The van der Waals surface area contributed by atoms with E-state index in [9.17, 15) is 0 Å². The first-order valence-electron chi connectivity index (χ1n) is 5.11. The third-order valence-electron chi connectivity index (χ3n) is 2.01. The molecule has 14 heavy (non-hydrogen) atoms. The van der Waals surface area contributed by atoms with Crippen molar-refractivity contribution in [2.75, 3.05) is 6.61 Å². The molecule has 0 bridgehead atoms. The molecule has 1 aromatic carbocycles. The molecule has 0 aliphatic carbocycles. The molecule has 0 unspecified atom stereocenters. The van der Waals surface area contributed by atoms with Crippen LogP contribution in [-0.4, -0.2) is 32.8 Å². The van der Waals surface area contributed by atoms with E-state index in [0.29, 0.717) is 0 Å². The van der Waals surface area contributed by atoms with Crippen molar-refractivity contribution in [2.24, 2.45) is 0 Å². The fourth-order valence-electron chi connectivity index (χ4n) is 1.24. The van der Waals surface area contributed by atoms with Crippen molar-refractivity contribution in [1.29, 1.82) is 0 Å². The second-order valence-corrected chi connectivity index (χ2v) is 3.22. The first-order valence-corrected chi connectivity index (χ1v) is 5.11. The van der Waals surface area contributed by atoms with Gasteiger partial charge in [0.15, 0.2) is 0 Å². The van der Waals surface area contributed by atoms with E-state index in [1.54, 1.807) is 0 Å². The summed E-state index contributed by atoms with van der Waals surface area (Å²) < 4.78 is 5.55. The van der Waals surface area contributed by atoms with Crippen LogP contribution >= 0.6 is 0 Å². The quantitative estimate of drug-likeness (QED) is 0.536. The number of ether oxygens (including phenoxy) is 1. The van der Waals surface area contributed by atoms with Crippen molar-refractivity contribution in [1.82, 2.24) is 0 Å². The molecule has 1 aromatic rings. The Bertz CT molecular complexity index is 211. The minimum atomic E-state index is 0. The summed E-state index contributed by atoms with van der Waals surface area (Å²) in [5.74, 6) is 0.985. The number of unbranched alkanes of at least 4 members (excludes halogenated alkanes) is 3. The van der Waals surface area contributed by atoms with Gasteiger partial charge in [0.25, 0.3) is 0 Å². The van der Waals surface area contributed by atoms with Crippen molar-refractivity contribution in [3.05, 3.63) is 30.3 Å². The summed E-state index contributed by atoms with van der Waals surface area (Å²) in [7, 11) is 0. The molecule has 0 N–H and O–H groups in total. The number of benzene rings is 1. The number of hydrogen-bond acceptors (Lipinski definition) is 1. The van der Waals surface area contributed by atoms with Crippen LogP contribution in [0, 0.1) is 0 Å². The molecule has 0 aliphatic rings. The molecule has 0 aliphatic heterocycles. The molecule has 80 valence electrons. The molecule has 2 heteroatoms. The third kappa shape index (κ3) is 6.37. The summed E-state index contributed by atoms with van der Waals surface area (Å²) in [5.41, 5.74) is 0. The van der Waals surface area contributed by atoms with E-state index in [2.05, 4.69) is 6.92 Å². The molecule has 0 saturated carbocycles. The van der Waals surface area contributed by atoms with Crippen LogP contribution in [0.25, 0.3) is 0 Å². The average molecular weight is 390 g/mol. The van der Waals surface area contributed by atoms with Crippen LogP contribution in [0.2, 0.25) is 0 Å². The zero-order valence-corrected chi connectivity index (χ0v) is 14.5. The molecular weight excluding hydrogens is 369 g/mol. The van der Waals surface area contributed by atoms with Gasteiger partial charge in [0, 0.05) is 0 Å². The Labute approximate surface area is 106 Å². The van der Waals surface area contributed by atoms with Crippen LogP contribution in [0.15, 0.2) is 30.3 Å². The maximum absolute atomic E-state index is 5.55. The van der Waals surface area contributed by atoms with Gasteiger partial charge in [-0.05, 0) is 18.6 Å². The minimum absolute atomic E-state index is 0. The van der Waals surface area contributed by atoms with Gasteiger partial charge in [-0.3, -0.25) is 0 Å².